The molecule has 104 valence electrons. The number of rotatable bonds is 4. The fourth-order valence-electron chi connectivity index (χ4n) is 1.70. The third kappa shape index (κ3) is 2.44. The molecule has 0 saturated heterocycles. The number of nitro groups is 1. The number of aryl methyl sites for hydroxylation is 2. The van der Waals surface area contributed by atoms with Crippen molar-refractivity contribution in [1.82, 2.24) is 9.55 Å². The van der Waals surface area contributed by atoms with Crippen LogP contribution in [-0.2, 0) is 7.05 Å². The molecule has 20 heavy (non-hydrogen) atoms. The van der Waals surface area contributed by atoms with E-state index in [-0.39, 0.29) is 11.4 Å². The lowest BCUT2D eigenvalue weighted by Crippen LogP contribution is -2.01. The topological polar surface area (TPSA) is 107 Å². The minimum atomic E-state index is -1.04. The average molecular weight is 277 g/mol. The van der Waals surface area contributed by atoms with E-state index in [1.807, 2.05) is 0 Å². The number of hydrogen-bond donors (Lipinski definition) is 1. The van der Waals surface area contributed by atoms with Gasteiger partial charge in [-0.1, -0.05) is 0 Å². The molecule has 0 amide bonds. The lowest BCUT2D eigenvalue weighted by Gasteiger charge is -2.07. The first-order chi connectivity index (χ1) is 9.40. The molecule has 0 aliphatic rings. The van der Waals surface area contributed by atoms with E-state index in [4.69, 9.17) is 9.84 Å². The van der Waals surface area contributed by atoms with E-state index in [2.05, 4.69) is 4.98 Å². The summed E-state index contributed by atoms with van der Waals surface area (Å²) in [5.74, 6) is -1.15. The van der Waals surface area contributed by atoms with Crippen LogP contribution in [0.4, 0.5) is 5.82 Å². The SMILES string of the molecule is Cc1cc(Oc2c([N+](=O)[O-])ncn2C)ccc1C(=O)O. The Labute approximate surface area is 113 Å². The molecule has 1 aromatic heterocycles. The zero-order chi connectivity index (χ0) is 14.9. The molecule has 0 spiro atoms. The number of hydrogen-bond acceptors (Lipinski definition) is 5. The Balaban J connectivity index is 2.36. The quantitative estimate of drug-likeness (QED) is 0.677. The summed E-state index contributed by atoms with van der Waals surface area (Å²) in [4.78, 5) is 24.7. The second kappa shape index (κ2) is 5.00. The van der Waals surface area contributed by atoms with Crippen molar-refractivity contribution in [1.29, 1.82) is 0 Å². The van der Waals surface area contributed by atoms with Crippen molar-refractivity contribution in [2.75, 3.05) is 0 Å². The van der Waals surface area contributed by atoms with E-state index in [1.165, 1.54) is 29.1 Å². The minimum Gasteiger partial charge on any atom is -0.478 e. The molecular weight excluding hydrogens is 266 g/mol. The zero-order valence-electron chi connectivity index (χ0n) is 10.7. The van der Waals surface area contributed by atoms with Crippen LogP contribution in [0, 0.1) is 17.0 Å². The lowest BCUT2D eigenvalue weighted by atomic mass is 10.1. The van der Waals surface area contributed by atoms with Gasteiger partial charge < -0.3 is 20.0 Å². The molecule has 8 heteroatoms. The van der Waals surface area contributed by atoms with Crippen molar-refractivity contribution in [3.05, 3.63) is 45.8 Å². The molecule has 0 atom stereocenters. The van der Waals surface area contributed by atoms with E-state index in [9.17, 15) is 14.9 Å². The summed E-state index contributed by atoms with van der Waals surface area (Å²) >= 11 is 0. The molecule has 2 rings (SSSR count). The van der Waals surface area contributed by atoms with E-state index in [1.54, 1.807) is 14.0 Å². The largest absolute Gasteiger partial charge is 0.478 e. The van der Waals surface area contributed by atoms with Gasteiger partial charge in [-0.25, -0.2) is 4.79 Å². The number of aromatic carboxylic acids is 1. The van der Waals surface area contributed by atoms with E-state index in [0.717, 1.165) is 0 Å². The normalized spacial score (nSPS) is 10.3. The fraction of sp³-hybridized carbons (Fsp3) is 0.167. The zero-order valence-corrected chi connectivity index (χ0v) is 10.7. The van der Waals surface area contributed by atoms with Crippen molar-refractivity contribution in [3.63, 3.8) is 0 Å². The smallest absolute Gasteiger partial charge is 0.427 e. The predicted octanol–water partition coefficient (Wildman–Crippen LogP) is 2.13. The Morgan fingerprint density at radius 3 is 2.75 bits per heavy atom. The molecule has 8 nitrogen and oxygen atoms in total. The number of imidazole rings is 1. The number of ether oxygens (including phenoxy) is 1. The summed E-state index contributed by atoms with van der Waals surface area (Å²) in [5.41, 5.74) is 0.650. The highest BCUT2D eigenvalue weighted by Gasteiger charge is 2.22. The summed E-state index contributed by atoms with van der Waals surface area (Å²) in [6, 6.07) is 4.32. The van der Waals surface area contributed by atoms with Crippen LogP contribution in [-0.4, -0.2) is 25.6 Å². The van der Waals surface area contributed by atoms with Crippen molar-refractivity contribution in [2.45, 2.75) is 6.92 Å². The van der Waals surface area contributed by atoms with E-state index >= 15 is 0 Å². The summed E-state index contributed by atoms with van der Waals surface area (Å²) in [7, 11) is 1.56. The first-order valence-corrected chi connectivity index (χ1v) is 5.57. The predicted molar refractivity (Wildman–Crippen MR) is 68.1 cm³/mol. The summed E-state index contributed by atoms with van der Waals surface area (Å²) < 4.78 is 6.80. The van der Waals surface area contributed by atoms with Crippen LogP contribution in [0.15, 0.2) is 24.5 Å². The van der Waals surface area contributed by atoms with E-state index < -0.39 is 16.7 Å². The van der Waals surface area contributed by atoms with Gasteiger partial charge in [0.15, 0.2) is 0 Å². The molecule has 0 saturated carbocycles. The number of carbonyl (C=O) groups is 1. The number of carboxylic acid groups (broad SMARTS) is 1. The van der Waals surface area contributed by atoms with Crippen LogP contribution < -0.4 is 4.74 Å². The third-order valence-electron chi connectivity index (χ3n) is 2.68. The van der Waals surface area contributed by atoms with Crippen LogP contribution in [0.5, 0.6) is 11.6 Å². The van der Waals surface area contributed by atoms with Gasteiger partial charge in [0.1, 0.15) is 5.75 Å². The Morgan fingerprint density at radius 1 is 1.50 bits per heavy atom. The first kappa shape index (κ1) is 13.5. The molecule has 1 aromatic carbocycles. The molecule has 2 aromatic rings. The number of nitrogens with zero attached hydrogens (tertiary/aromatic N) is 3. The monoisotopic (exact) mass is 277 g/mol. The van der Waals surface area contributed by atoms with Gasteiger partial charge in [-0.05, 0) is 40.6 Å². The molecule has 0 radical (unpaired) electrons. The highest BCUT2D eigenvalue weighted by Crippen LogP contribution is 2.30. The Hall–Kier alpha value is -2.90. The molecule has 1 heterocycles. The molecular formula is C12H11N3O5. The Kier molecular flexibility index (Phi) is 3.38. The third-order valence-corrected chi connectivity index (χ3v) is 2.68. The molecule has 0 unspecified atom stereocenters. The summed E-state index contributed by atoms with van der Waals surface area (Å²) in [6.45, 7) is 1.62. The molecule has 0 bridgehead atoms. The molecule has 0 aliphatic carbocycles. The van der Waals surface area contributed by atoms with Gasteiger partial charge in [0.25, 0.3) is 0 Å². The van der Waals surface area contributed by atoms with Crippen LogP contribution in [0.3, 0.4) is 0 Å². The first-order valence-electron chi connectivity index (χ1n) is 5.57. The highest BCUT2D eigenvalue weighted by atomic mass is 16.6. The van der Waals surface area contributed by atoms with Gasteiger partial charge in [0.05, 0.1) is 5.56 Å². The minimum absolute atomic E-state index is 0.0162. The van der Waals surface area contributed by atoms with Gasteiger partial charge >= 0.3 is 17.7 Å². The molecule has 0 aliphatic heterocycles. The summed E-state index contributed by atoms with van der Waals surface area (Å²) in [5, 5.41) is 19.7. The molecule has 0 fully saturated rings. The highest BCUT2D eigenvalue weighted by molar-refractivity contribution is 5.89. The number of carboxylic acids is 1. The van der Waals surface area contributed by atoms with Crippen LogP contribution in [0.1, 0.15) is 15.9 Å². The lowest BCUT2D eigenvalue weighted by molar-refractivity contribution is -0.390. The van der Waals surface area contributed by atoms with Gasteiger partial charge in [0, 0.05) is 7.05 Å². The van der Waals surface area contributed by atoms with Gasteiger partial charge in [-0.3, -0.25) is 4.57 Å². The Morgan fingerprint density at radius 2 is 2.20 bits per heavy atom. The van der Waals surface area contributed by atoms with Gasteiger partial charge in [-0.15, -0.1) is 0 Å². The van der Waals surface area contributed by atoms with Gasteiger partial charge in [0.2, 0.25) is 6.33 Å². The standard InChI is InChI=1S/C12H11N3O5/c1-7-5-8(3-4-9(7)12(16)17)20-11-10(15(18)19)13-6-14(11)2/h3-6H,1-2H3,(H,16,17). The van der Waals surface area contributed by atoms with Crippen molar-refractivity contribution >= 4 is 11.8 Å². The van der Waals surface area contributed by atoms with Crippen LogP contribution in [0.2, 0.25) is 0 Å². The maximum atomic E-state index is 10.9. The van der Waals surface area contributed by atoms with Crippen molar-refractivity contribution in [2.24, 2.45) is 7.05 Å². The number of benzene rings is 1. The second-order valence-electron chi connectivity index (χ2n) is 4.13. The van der Waals surface area contributed by atoms with Crippen LogP contribution in [0.25, 0.3) is 0 Å². The van der Waals surface area contributed by atoms with Crippen molar-refractivity contribution in [3.8, 4) is 11.6 Å². The Bertz CT molecular complexity index is 692. The number of aromatic nitrogens is 2. The van der Waals surface area contributed by atoms with E-state index in [0.29, 0.717) is 11.3 Å². The molecule has 1 N–H and O–H groups in total. The summed E-state index contributed by atoms with van der Waals surface area (Å²) in [6.07, 6.45) is 1.27. The maximum absolute atomic E-state index is 10.9. The maximum Gasteiger partial charge on any atom is 0.427 e. The second-order valence-corrected chi connectivity index (χ2v) is 4.13. The average Bonchev–Trinajstić information content (AvgIpc) is 2.71. The fourth-order valence-corrected chi connectivity index (χ4v) is 1.70. The van der Waals surface area contributed by atoms with Gasteiger partial charge in [-0.2, -0.15) is 0 Å². The van der Waals surface area contributed by atoms with Crippen LogP contribution >= 0.6 is 0 Å². The van der Waals surface area contributed by atoms with Crippen molar-refractivity contribution < 1.29 is 19.6 Å².